The SMILES string of the molecule is Cc1ccc(-n2ncc(C(=O)N3CCN(C(=O)C(=O)N4CCCC4)CC3)c2C(C)C)cc1. The summed E-state index contributed by atoms with van der Waals surface area (Å²) in [5, 5.41) is 4.52. The van der Waals surface area contributed by atoms with Crippen molar-refractivity contribution in [1.82, 2.24) is 24.5 Å². The van der Waals surface area contributed by atoms with Crippen molar-refractivity contribution in [3.05, 3.63) is 47.3 Å². The van der Waals surface area contributed by atoms with Crippen LogP contribution in [0, 0.1) is 6.92 Å². The Hall–Kier alpha value is -3.16. The zero-order valence-corrected chi connectivity index (χ0v) is 19.1. The molecule has 1 aromatic carbocycles. The summed E-state index contributed by atoms with van der Waals surface area (Å²) in [6.45, 7) is 9.01. The average molecular weight is 438 g/mol. The Labute approximate surface area is 188 Å². The lowest BCUT2D eigenvalue weighted by molar-refractivity contribution is -0.152. The molecule has 0 unspecified atom stereocenters. The molecule has 2 aliphatic rings. The Bertz CT molecular complexity index is 997. The van der Waals surface area contributed by atoms with Gasteiger partial charge in [-0.2, -0.15) is 5.10 Å². The van der Waals surface area contributed by atoms with Crippen LogP contribution in [0.2, 0.25) is 0 Å². The fraction of sp³-hybridized carbons (Fsp3) is 0.500. The summed E-state index contributed by atoms with van der Waals surface area (Å²) in [5.41, 5.74) is 3.56. The smallest absolute Gasteiger partial charge is 0.312 e. The van der Waals surface area contributed by atoms with Gasteiger partial charge in [0.2, 0.25) is 0 Å². The second kappa shape index (κ2) is 9.14. The largest absolute Gasteiger partial charge is 0.335 e. The van der Waals surface area contributed by atoms with Gasteiger partial charge in [-0.3, -0.25) is 14.4 Å². The molecule has 2 aliphatic heterocycles. The highest BCUT2D eigenvalue weighted by molar-refractivity contribution is 6.35. The highest BCUT2D eigenvalue weighted by Crippen LogP contribution is 2.25. The molecule has 0 saturated carbocycles. The number of aryl methyl sites for hydroxylation is 1. The van der Waals surface area contributed by atoms with Gasteiger partial charge in [-0.05, 0) is 37.8 Å². The van der Waals surface area contributed by atoms with Crippen molar-refractivity contribution < 1.29 is 14.4 Å². The number of piperazine rings is 1. The fourth-order valence-electron chi connectivity index (χ4n) is 4.44. The first-order valence-electron chi connectivity index (χ1n) is 11.4. The molecule has 32 heavy (non-hydrogen) atoms. The van der Waals surface area contributed by atoms with Crippen molar-refractivity contribution in [1.29, 1.82) is 0 Å². The molecule has 3 amide bonds. The number of hydrogen-bond donors (Lipinski definition) is 0. The third kappa shape index (κ3) is 4.26. The minimum Gasteiger partial charge on any atom is -0.335 e. The first kappa shape index (κ1) is 22.0. The van der Waals surface area contributed by atoms with Gasteiger partial charge >= 0.3 is 11.8 Å². The number of amides is 3. The van der Waals surface area contributed by atoms with Crippen LogP contribution in [-0.4, -0.2) is 81.5 Å². The first-order valence-corrected chi connectivity index (χ1v) is 11.4. The van der Waals surface area contributed by atoms with Crippen LogP contribution in [0.25, 0.3) is 5.69 Å². The van der Waals surface area contributed by atoms with Gasteiger partial charge in [-0.15, -0.1) is 0 Å². The highest BCUT2D eigenvalue weighted by Gasteiger charge is 2.33. The Morgan fingerprint density at radius 3 is 1.91 bits per heavy atom. The lowest BCUT2D eigenvalue weighted by Gasteiger charge is -2.35. The summed E-state index contributed by atoms with van der Waals surface area (Å²) in [6, 6.07) is 8.07. The van der Waals surface area contributed by atoms with E-state index in [1.165, 1.54) is 5.56 Å². The Balaban J connectivity index is 1.46. The van der Waals surface area contributed by atoms with Gasteiger partial charge in [-0.25, -0.2) is 4.68 Å². The van der Waals surface area contributed by atoms with Crippen molar-refractivity contribution in [2.75, 3.05) is 39.3 Å². The van der Waals surface area contributed by atoms with E-state index >= 15 is 0 Å². The van der Waals surface area contributed by atoms with Crippen molar-refractivity contribution in [3.8, 4) is 5.69 Å². The van der Waals surface area contributed by atoms with E-state index in [0.29, 0.717) is 44.8 Å². The molecule has 2 aromatic rings. The molecule has 0 radical (unpaired) electrons. The minimum absolute atomic E-state index is 0.0787. The predicted molar refractivity (Wildman–Crippen MR) is 121 cm³/mol. The molecule has 0 atom stereocenters. The molecule has 2 saturated heterocycles. The number of aromatic nitrogens is 2. The highest BCUT2D eigenvalue weighted by atomic mass is 16.2. The summed E-state index contributed by atoms with van der Waals surface area (Å²) >= 11 is 0. The van der Waals surface area contributed by atoms with E-state index in [-0.39, 0.29) is 11.8 Å². The Morgan fingerprint density at radius 2 is 1.34 bits per heavy atom. The molecule has 0 N–H and O–H groups in total. The van der Waals surface area contributed by atoms with Gasteiger partial charge in [0.05, 0.1) is 23.1 Å². The van der Waals surface area contributed by atoms with Crippen LogP contribution >= 0.6 is 0 Å². The molecular weight excluding hydrogens is 406 g/mol. The first-order chi connectivity index (χ1) is 15.4. The van der Waals surface area contributed by atoms with E-state index in [9.17, 15) is 14.4 Å². The number of rotatable bonds is 3. The molecule has 2 fully saturated rings. The van der Waals surface area contributed by atoms with Gasteiger partial charge in [0.1, 0.15) is 0 Å². The van der Waals surface area contributed by atoms with Crippen molar-refractivity contribution in [3.63, 3.8) is 0 Å². The van der Waals surface area contributed by atoms with Crippen LogP contribution in [0.5, 0.6) is 0 Å². The summed E-state index contributed by atoms with van der Waals surface area (Å²) in [6.07, 6.45) is 3.55. The molecule has 0 aliphatic carbocycles. The summed E-state index contributed by atoms with van der Waals surface area (Å²) < 4.78 is 1.84. The van der Waals surface area contributed by atoms with Crippen LogP contribution in [0.15, 0.2) is 30.5 Å². The van der Waals surface area contributed by atoms with Gasteiger partial charge in [0, 0.05) is 39.3 Å². The number of nitrogens with zero attached hydrogens (tertiary/aromatic N) is 5. The maximum atomic E-state index is 13.3. The maximum Gasteiger partial charge on any atom is 0.312 e. The predicted octanol–water partition coefficient (Wildman–Crippen LogP) is 2.21. The molecule has 1 aromatic heterocycles. The number of hydrogen-bond acceptors (Lipinski definition) is 4. The Morgan fingerprint density at radius 1 is 0.812 bits per heavy atom. The van der Waals surface area contributed by atoms with Crippen LogP contribution in [0.1, 0.15) is 54.2 Å². The van der Waals surface area contributed by atoms with E-state index < -0.39 is 11.8 Å². The fourth-order valence-corrected chi connectivity index (χ4v) is 4.44. The topological polar surface area (TPSA) is 78.8 Å². The molecule has 0 spiro atoms. The van der Waals surface area contributed by atoms with E-state index in [0.717, 1.165) is 24.2 Å². The molecule has 0 bridgehead atoms. The molecule has 170 valence electrons. The van der Waals surface area contributed by atoms with Gasteiger partial charge in [0.25, 0.3) is 5.91 Å². The lowest BCUT2D eigenvalue weighted by atomic mass is 10.0. The van der Waals surface area contributed by atoms with E-state index in [2.05, 4.69) is 18.9 Å². The second-order valence-electron chi connectivity index (χ2n) is 8.93. The van der Waals surface area contributed by atoms with Crippen LogP contribution in [-0.2, 0) is 9.59 Å². The molecule has 4 rings (SSSR count). The zero-order chi connectivity index (χ0) is 22.8. The average Bonchev–Trinajstić information content (AvgIpc) is 3.49. The quantitative estimate of drug-likeness (QED) is 0.690. The van der Waals surface area contributed by atoms with Crippen molar-refractivity contribution in [2.45, 2.75) is 39.5 Å². The zero-order valence-electron chi connectivity index (χ0n) is 19.1. The van der Waals surface area contributed by atoms with Crippen LogP contribution < -0.4 is 0 Å². The minimum atomic E-state index is -0.450. The standard InChI is InChI=1S/C24H31N5O3/c1-17(2)21-20(16-25-29(21)19-8-6-18(3)7-9-19)22(30)27-12-14-28(15-13-27)24(32)23(31)26-10-4-5-11-26/h6-9,16-17H,4-5,10-15H2,1-3H3. The van der Waals surface area contributed by atoms with E-state index in [1.54, 1.807) is 20.9 Å². The van der Waals surface area contributed by atoms with Crippen molar-refractivity contribution in [2.24, 2.45) is 0 Å². The number of benzene rings is 1. The summed E-state index contributed by atoms with van der Waals surface area (Å²) in [4.78, 5) is 43.3. The Kier molecular flexibility index (Phi) is 6.30. The molecule has 8 nitrogen and oxygen atoms in total. The number of carbonyl (C=O) groups excluding carboxylic acids is 3. The second-order valence-corrected chi connectivity index (χ2v) is 8.93. The lowest BCUT2D eigenvalue weighted by Crippen LogP contribution is -2.54. The summed E-state index contributed by atoms with van der Waals surface area (Å²) in [5.74, 6) is -0.832. The van der Waals surface area contributed by atoms with Crippen LogP contribution in [0.4, 0.5) is 0 Å². The third-order valence-electron chi connectivity index (χ3n) is 6.29. The summed E-state index contributed by atoms with van der Waals surface area (Å²) in [7, 11) is 0. The van der Waals surface area contributed by atoms with Gasteiger partial charge in [-0.1, -0.05) is 31.5 Å². The molecular formula is C24H31N5O3. The third-order valence-corrected chi connectivity index (χ3v) is 6.29. The van der Waals surface area contributed by atoms with Gasteiger partial charge in [0.15, 0.2) is 0 Å². The normalized spacial score (nSPS) is 16.7. The number of likely N-dealkylation sites (tertiary alicyclic amines) is 1. The van der Waals surface area contributed by atoms with Crippen LogP contribution in [0.3, 0.4) is 0 Å². The maximum absolute atomic E-state index is 13.3. The number of carbonyl (C=O) groups is 3. The van der Waals surface area contributed by atoms with E-state index in [4.69, 9.17) is 0 Å². The van der Waals surface area contributed by atoms with E-state index in [1.807, 2.05) is 35.9 Å². The van der Waals surface area contributed by atoms with Gasteiger partial charge < -0.3 is 14.7 Å². The molecule has 3 heterocycles. The van der Waals surface area contributed by atoms with Crippen molar-refractivity contribution >= 4 is 17.7 Å². The monoisotopic (exact) mass is 437 g/mol. The molecule has 8 heteroatoms.